The number of hydrogen-bond acceptors (Lipinski definition) is 3. The van der Waals surface area contributed by atoms with Gasteiger partial charge in [-0.15, -0.1) is 0 Å². The van der Waals surface area contributed by atoms with E-state index in [0.717, 1.165) is 10.4 Å². The number of benzene rings is 2. The largest absolute Gasteiger partial charge is 0.400 e. The van der Waals surface area contributed by atoms with Crippen LogP contribution in [-0.4, -0.2) is 37.8 Å². The summed E-state index contributed by atoms with van der Waals surface area (Å²) in [4.78, 5) is 0. The van der Waals surface area contributed by atoms with Crippen molar-refractivity contribution >= 4 is 18.7 Å². The molecule has 0 fully saturated rings. The van der Waals surface area contributed by atoms with E-state index in [-0.39, 0.29) is 18.3 Å². The molecule has 0 heterocycles. The Hall–Kier alpha value is -1.46. The maximum absolute atomic E-state index is 9.59. The van der Waals surface area contributed by atoms with Crippen molar-refractivity contribution in [3.63, 3.8) is 0 Å². The molecule has 0 bridgehead atoms. The first-order chi connectivity index (χ1) is 11.0. The summed E-state index contributed by atoms with van der Waals surface area (Å²) in [6, 6.07) is 20.4. The maximum Gasteiger partial charge on any atom is 0.261 e. The summed E-state index contributed by atoms with van der Waals surface area (Å²) < 4.78 is 6.51. The van der Waals surface area contributed by atoms with Gasteiger partial charge >= 0.3 is 0 Å². The van der Waals surface area contributed by atoms with E-state index in [2.05, 4.69) is 45.0 Å². The van der Waals surface area contributed by atoms with Crippen molar-refractivity contribution in [3.8, 4) is 0 Å². The third-order valence-electron chi connectivity index (χ3n) is 4.17. The lowest BCUT2D eigenvalue weighted by molar-refractivity contribution is 0.0559. The predicted octanol–water partition coefficient (Wildman–Crippen LogP) is 1.92. The third-order valence-corrected chi connectivity index (χ3v) is 9.26. The van der Waals surface area contributed by atoms with E-state index in [1.54, 1.807) is 0 Å². The van der Waals surface area contributed by atoms with E-state index in [1.807, 2.05) is 36.4 Å². The highest BCUT2D eigenvalue weighted by atomic mass is 28.4. The topological polar surface area (TPSA) is 49.7 Å². The summed E-state index contributed by atoms with van der Waals surface area (Å²) in [6.45, 7) is 6.13. The Kier molecular flexibility index (Phi) is 5.76. The van der Waals surface area contributed by atoms with Crippen LogP contribution in [0.25, 0.3) is 0 Å². The van der Waals surface area contributed by atoms with Crippen molar-refractivity contribution < 1.29 is 14.6 Å². The molecule has 124 valence electrons. The molecule has 0 aliphatic carbocycles. The standard InChI is InChI=1S/C19H26O3Si/c1-19(2,3)23(22-16(14-20)15-21,17-10-6-4-7-11-17)18-12-8-5-9-13-18/h4-13,16,20-21H,14-15H2,1-3H3. The summed E-state index contributed by atoms with van der Waals surface area (Å²) in [7, 11) is -2.67. The van der Waals surface area contributed by atoms with Crippen molar-refractivity contribution in [2.75, 3.05) is 13.2 Å². The summed E-state index contributed by atoms with van der Waals surface area (Å²) in [5.74, 6) is 0. The van der Waals surface area contributed by atoms with Crippen LogP contribution in [0.3, 0.4) is 0 Å². The van der Waals surface area contributed by atoms with Gasteiger partial charge in [0.1, 0.15) is 0 Å². The van der Waals surface area contributed by atoms with Gasteiger partial charge in [-0.3, -0.25) is 0 Å². The normalized spacial score (nSPS) is 12.6. The van der Waals surface area contributed by atoms with Crippen LogP contribution in [0.2, 0.25) is 5.04 Å². The Labute approximate surface area is 139 Å². The lowest BCUT2D eigenvalue weighted by Gasteiger charge is -2.44. The average molecular weight is 331 g/mol. The van der Waals surface area contributed by atoms with E-state index >= 15 is 0 Å². The monoisotopic (exact) mass is 330 g/mol. The minimum absolute atomic E-state index is 0.154. The second kappa shape index (κ2) is 7.40. The number of aliphatic hydroxyl groups is 2. The lowest BCUT2D eigenvalue weighted by atomic mass is 10.2. The maximum atomic E-state index is 9.59. The summed E-state index contributed by atoms with van der Waals surface area (Å²) in [6.07, 6.45) is -0.582. The van der Waals surface area contributed by atoms with Crippen LogP contribution < -0.4 is 10.4 Å². The molecular formula is C19H26O3Si. The molecule has 2 N–H and O–H groups in total. The first kappa shape index (κ1) is 17.9. The molecule has 0 spiro atoms. The smallest absolute Gasteiger partial charge is 0.261 e. The second-order valence-corrected chi connectivity index (χ2v) is 11.0. The molecule has 2 aromatic rings. The van der Waals surface area contributed by atoms with Gasteiger partial charge in [-0.2, -0.15) is 0 Å². The van der Waals surface area contributed by atoms with Gasteiger partial charge in [0.05, 0.1) is 19.3 Å². The highest BCUT2D eigenvalue weighted by molar-refractivity contribution is 6.99. The number of aliphatic hydroxyl groups excluding tert-OH is 2. The van der Waals surface area contributed by atoms with Crippen LogP contribution in [0.5, 0.6) is 0 Å². The van der Waals surface area contributed by atoms with E-state index in [9.17, 15) is 10.2 Å². The van der Waals surface area contributed by atoms with Crippen molar-refractivity contribution in [2.24, 2.45) is 0 Å². The molecule has 0 aliphatic heterocycles. The highest BCUT2D eigenvalue weighted by Gasteiger charge is 2.51. The molecule has 0 atom stereocenters. The zero-order valence-corrected chi connectivity index (χ0v) is 15.1. The van der Waals surface area contributed by atoms with Crippen LogP contribution in [0.4, 0.5) is 0 Å². The molecule has 0 aromatic heterocycles. The molecule has 2 aromatic carbocycles. The Balaban J connectivity index is 2.69. The van der Waals surface area contributed by atoms with Crippen LogP contribution in [0, 0.1) is 0 Å². The van der Waals surface area contributed by atoms with Gasteiger partial charge in [-0.1, -0.05) is 81.4 Å². The predicted molar refractivity (Wildman–Crippen MR) is 96.7 cm³/mol. The molecule has 23 heavy (non-hydrogen) atoms. The van der Waals surface area contributed by atoms with Gasteiger partial charge in [0.2, 0.25) is 0 Å². The Morgan fingerprint density at radius 1 is 0.826 bits per heavy atom. The van der Waals surface area contributed by atoms with Crippen molar-refractivity contribution in [1.82, 2.24) is 0 Å². The summed E-state index contributed by atoms with van der Waals surface area (Å²) in [5, 5.41) is 21.3. The van der Waals surface area contributed by atoms with E-state index in [4.69, 9.17) is 4.43 Å². The molecule has 3 nitrogen and oxygen atoms in total. The number of hydrogen-bond donors (Lipinski definition) is 2. The molecule has 0 aliphatic rings. The fraction of sp³-hybridized carbons (Fsp3) is 0.368. The van der Waals surface area contributed by atoms with Gasteiger partial charge in [-0.05, 0) is 15.4 Å². The van der Waals surface area contributed by atoms with Crippen LogP contribution in [-0.2, 0) is 4.43 Å². The first-order valence-electron chi connectivity index (χ1n) is 7.96. The molecule has 0 unspecified atom stereocenters. The van der Waals surface area contributed by atoms with Gasteiger partial charge in [0.25, 0.3) is 8.32 Å². The van der Waals surface area contributed by atoms with Crippen LogP contribution in [0.1, 0.15) is 20.8 Å². The SMILES string of the molecule is CC(C)(C)[Si](OC(CO)CO)(c1ccccc1)c1ccccc1. The molecule has 4 heteroatoms. The van der Waals surface area contributed by atoms with E-state index in [0.29, 0.717) is 0 Å². The molecule has 0 saturated heterocycles. The highest BCUT2D eigenvalue weighted by Crippen LogP contribution is 2.37. The van der Waals surface area contributed by atoms with Crippen LogP contribution in [0.15, 0.2) is 60.7 Å². The van der Waals surface area contributed by atoms with E-state index in [1.165, 1.54) is 0 Å². The number of rotatable bonds is 6. The Bertz CT molecular complexity index is 550. The van der Waals surface area contributed by atoms with Gasteiger partial charge < -0.3 is 14.6 Å². The molecular weight excluding hydrogens is 304 g/mol. The van der Waals surface area contributed by atoms with Gasteiger partial charge in [-0.25, -0.2) is 0 Å². The minimum atomic E-state index is -2.67. The fourth-order valence-electron chi connectivity index (χ4n) is 3.07. The zero-order chi connectivity index (χ0) is 16.9. The molecule has 0 radical (unpaired) electrons. The minimum Gasteiger partial charge on any atom is -0.400 e. The van der Waals surface area contributed by atoms with Crippen molar-refractivity contribution in [3.05, 3.63) is 60.7 Å². The molecule has 2 rings (SSSR count). The third kappa shape index (κ3) is 3.56. The van der Waals surface area contributed by atoms with Gasteiger partial charge in [0, 0.05) is 0 Å². The quantitative estimate of drug-likeness (QED) is 0.796. The Morgan fingerprint density at radius 3 is 1.52 bits per heavy atom. The fourth-order valence-corrected chi connectivity index (χ4v) is 7.74. The van der Waals surface area contributed by atoms with Crippen molar-refractivity contribution in [2.45, 2.75) is 31.9 Å². The summed E-state index contributed by atoms with van der Waals surface area (Å²) >= 11 is 0. The van der Waals surface area contributed by atoms with Crippen LogP contribution >= 0.6 is 0 Å². The summed E-state index contributed by atoms with van der Waals surface area (Å²) in [5.41, 5.74) is 0. The average Bonchev–Trinajstić information content (AvgIpc) is 2.57. The Morgan fingerprint density at radius 2 is 1.22 bits per heavy atom. The van der Waals surface area contributed by atoms with Crippen molar-refractivity contribution in [1.29, 1.82) is 0 Å². The van der Waals surface area contributed by atoms with Gasteiger partial charge in [0.15, 0.2) is 0 Å². The second-order valence-electron chi connectivity index (χ2n) is 6.77. The molecule has 0 saturated carbocycles. The lowest BCUT2D eigenvalue weighted by Crippen LogP contribution is -2.68. The first-order valence-corrected chi connectivity index (χ1v) is 9.87. The zero-order valence-electron chi connectivity index (χ0n) is 14.1. The molecule has 0 amide bonds. The van der Waals surface area contributed by atoms with E-state index < -0.39 is 14.4 Å².